The molecular weight excluding hydrogens is 398 g/mol. The van der Waals surface area contributed by atoms with Crippen LogP contribution in [0.3, 0.4) is 0 Å². The Kier molecular flexibility index (Phi) is 7.61. The summed E-state index contributed by atoms with van der Waals surface area (Å²) in [5.74, 6) is -0.187. The van der Waals surface area contributed by atoms with Gasteiger partial charge in [-0.15, -0.1) is 0 Å². The molecular formula is C23H31N3O3S. The number of piperidine rings is 1. The quantitative estimate of drug-likeness (QED) is 0.645. The van der Waals surface area contributed by atoms with Gasteiger partial charge in [-0.25, -0.2) is 12.7 Å². The topological polar surface area (TPSA) is 70.6 Å². The minimum Gasteiger partial charge on any atom is -0.332 e. The number of hydrogen-bond acceptors (Lipinski definition) is 4. The van der Waals surface area contributed by atoms with Crippen LogP contribution in [-0.2, 0) is 27.9 Å². The second kappa shape index (κ2) is 10.2. The van der Waals surface area contributed by atoms with Crippen LogP contribution in [0, 0.1) is 12.8 Å². The van der Waals surface area contributed by atoms with Crippen LogP contribution < -0.4 is 0 Å². The van der Waals surface area contributed by atoms with E-state index in [1.54, 1.807) is 6.20 Å². The van der Waals surface area contributed by atoms with Crippen LogP contribution in [0.25, 0.3) is 0 Å². The molecule has 1 aromatic heterocycles. The predicted octanol–water partition coefficient (Wildman–Crippen LogP) is 3.37. The van der Waals surface area contributed by atoms with E-state index in [0.717, 1.165) is 16.8 Å². The van der Waals surface area contributed by atoms with Crippen molar-refractivity contribution in [3.8, 4) is 0 Å². The van der Waals surface area contributed by atoms with Gasteiger partial charge in [0, 0.05) is 25.8 Å². The van der Waals surface area contributed by atoms with Gasteiger partial charge in [0.05, 0.1) is 23.9 Å². The van der Waals surface area contributed by atoms with E-state index in [-0.39, 0.29) is 24.1 Å². The van der Waals surface area contributed by atoms with Crippen molar-refractivity contribution in [1.82, 2.24) is 14.2 Å². The molecule has 3 rings (SSSR count). The van der Waals surface area contributed by atoms with Crippen LogP contribution in [0.4, 0.5) is 0 Å². The highest BCUT2D eigenvalue weighted by Gasteiger charge is 2.34. The van der Waals surface area contributed by atoms with Gasteiger partial charge in [-0.3, -0.25) is 9.78 Å². The van der Waals surface area contributed by atoms with E-state index in [2.05, 4.69) is 4.98 Å². The monoisotopic (exact) mass is 429 g/mol. The van der Waals surface area contributed by atoms with Crippen molar-refractivity contribution >= 4 is 15.9 Å². The van der Waals surface area contributed by atoms with E-state index in [4.69, 9.17) is 0 Å². The number of aryl methyl sites for hydroxylation is 1. The molecule has 1 aliphatic rings. The third-order valence-corrected chi connectivity index (χ3v) is 7.64. The molecule has 1 atom stereocenters. The Morgan fingerprint density at radius 3 is 2.63 bits per heavy atom. The Hall–Kier alpha value is -2.25. The number of carbonyl (C=O) groups excluding carboxylic acids is 1. The molecule has 1 amide bonds. The minimum absolute atomic E-state index is 0.000282. The zero-order valence-corrected chi connectivity index (χ0v) is 18.6. The molecule has 1 aromatic carbocycles. The molecule has 30 heavy (non-hydrogen) atoms. The minimum atomic E-state index is -3.30. The number of benzene rings is 1. The maximum atomic E-state index is 13.5. The summed E-state index contributed by atoms with van der Waals surface area (Å²) in [5.41, 5.74) is 3.05. The molecule has 1 saturated heterocycles. The van der Waals surface area contributed by atoms with E-state index in [9.17, 15) is 13.2 Å². The lowest BCUT2D eigenvalue weighted by atomic mass is 9.97. The maximum Gasteiger partial charge on any atom is 0.227 e. The van der Waals surface area contributed by atoms with Crippen molar-refractivity contribution in [1.29, 1.82) is 0 Å². The Balaban J connectivity index is 1.81. The van der Waals surface area contributed by atoms with Crippen molar-refractivity contribution in [3.05, 3.63) is 65.5 Å². The fourth-order valence-electron chi connectivity index (χ4n) is 3.93. The molecule has 1 unspecified atom stereocenters. The smallest absolute Gasteiger partial charge is 0.227 e. The molecule has 1 fully saturated rings. The lowest BCUT2D eigenvalue weighted by Crippen LogP contribution is -2.47. The van der Waals surface area contributed by atoms with E-state index in [0.29, 0.717) is 38.9 Å². The fourth-order valence-corrected chi connectivity index (χ4v) is 5.52. The molecule has 2 heterocycles. The summed E-state index contributed by atoms with van der Waals surface area (Å²) >= 11 is 0. The third kappa shape index (κ3) is 5.67. The van der Waals surface area contributed by atoms with E-state index in [1.165, 1.54) is 4.31 Å². The number of aromatic nitrogens is 1. The molecule has 6 nitrogen and oxygen atoms in total. The second-order valence-electron chi connectivity index (χ2n) is 7.96. The Morgan fingerprint density at radius 1 is 1.17 bits per heavy atom. The number of nitrogens with zero attached hydrogens (tertiary/aromatic N) is 3. The standard InChI is InChI=1S/C23H31N3O3S/c1-3-15-30(28,29)26-14-8-11-21(17-26)23(27)25(18-22-12-6-7-13-24-22)16-20-10-5-4-9-19(20)2/h4-7,9-10,12-13,21H,3,8,11,14-18H2,1-2H3. The zero-order chi connectivity index (χ0) is 21.6. The molecule has 0 spiro atoms. The average Bonchev–Trinajstić information content (AvgIpc) is 2.75. The highest BCUT2D eigenvalue weighted by Crippen LogP contribution is 2.24. The highest BCUT2D eigenvalue weighted by molar-refractivity contribution is 7.89. The Bertz CT molecular complexity index is 947. The first-order valence-electron chi connectivity index (χ1n) is 10.6. The van der Waals surface area contributed by atoms with Crippen molar-refractivity contribution in [3.63, 3.8) is 0 Å². The van der Waals surface area contributed by atoms with E-state index < -0.39 is 10.0 Å². The summed E-state index contributed by atoms with van der Waals surface area (Å²) in [6, 6.07) is 13.7. The van der Waals surface area contributed by atoms with Crippen molar-refractivity contribution < 1.29 is 13.2 Å². The molecule has 1 aliphatic heterocycles. The maximum absolute atomic E-state index is 13.5. The summed E-state index contributed by atoms with van der Waals surface area (Å²) in [6.45, 7) is 5.57. The van der Waals surface area contributed by atoms with Gasteiger partial charge in [-0.2, -0.15) is 0 Å². The number of sulfonamides is 1. The van der Waals surface area contributed by atoms with Gasteiger partial charge >= 0.3 is 0 Å². The van der Waals surface area contributed by atoms with Crippen molar-refractivity contribution in [2.24, 2.45) is 5.92 Å². The lowest BCUT2D eigenvalue weighted by molar-refractivity contribution is -0.138. The number of pyridine rings is 1. The van der Waals surface area contributed by atoms with Crippen molar-refractivity contribution in [2.45, 2.75) is 46.2 Å². The second-order valence-corrected chi connectivity index (χ2v) is 10.0. The molecule has 0 bridgehead atoms. The van der Waals surface area contributed by atoms with Crippen LogP contribution in [0.1, 0.15) is 43.0 Å². The summed E-state index contributed by atoms with van der Waals surface area (Å²) in [5, 5.41) is 0. The Labute approximate surface area is 180 Å². The largest absolute Gasteiger partial charge is 0.332 e. The first kappa shape index (κ1) is 22.4. The summed E-state index contributed by atoms with van der Waals surface area (Å²) in [4.78, 5) is 19.7. The van der Waals surface area contributed by atoms with Gasteiger partial charge in [0.1, 0.15) is 0 Å². The van der Waals surface area contributed by atoms with Crippen LogP contribution in [0.15, 0.2) is 48.7 Å². The van der Waals surface area contributed by atoms with Crippen LogP contribution in [0.2, 0.25) is 0 Å². The van der Waals surface area contributed by atoms with Crippen LogP contribution >= 0.6 is 0 Å². The van der Waals surface area contributed by atoms with Gasteiger partial charge in [-0.05, 0) is 49.4 Å². The predicted molar refractivity (Wildman–Crippen MR) is 118 cm³/mol. The SMILES string of the molecule is CCCS(=O)(=O)N1CCCC(C(=O)N(Cc2ccccn2)Cc2ccccc2C)C1. The van der Waals surface area contributed by atoms with Crippen molar-refractivity contribution in [2.75, 3.05) is 18.8 Å². The lowest BCUT2D eigenvalue weighted by Gasteiger charge is -2.34. The average molecular weight is 430 g/mol. The molecule has 162 valence electrons. The van der Waals surface area contributed by atoms with Crippen LogP contribution in [0.5, 0.6) is 0 Å². The van der Waals surface area contributed by atoms with E-state index in [1.807, 2.05) is 61.2 Å². The summed E-state index contributed by atoms with van der Waals surface area (Å²) in [7, 11) is -3.30. The van der Waals surface area contributed by atoms with Gasteiger partial charge in [0.2, 0.25) is 15.9 Å². The molecule has 0 aliphatic carbocycles. The van der Waals surface area contributed by atoms with Gasteiger partial charge in [0.15, 0.2) is 0 Å². The molecule has 0 radical (unpaired) electrons. The van der Waals surface area contributed by atoms with Gasteiger partial charge < -0.3 is 4.90 Å². The zero-order valence-electron chi connectivity index (χ0n) is 17.8. The molecule has 0 saturated carbocycles. The number of hydrogen-bond donors (Lipinski definition) is 0. The Morgan fingerprint density at radius 2 is 1.93 bits per heavy atom. The van der Waals surface area contributed by atoms with Crippen LogP contribution in [-0.4, -0.2) is 47.4 Å². The third-order valence-electron chi connectivity index (χ3n) is 5.60. The first-order chi connectivity index (χ1) is 14.4. The summed E-state index contributed by atoms with van der Waals surface area (Å²) < 4.78 is 26.6. The molecule has 2 aromatic rings. The normalized spacial score (nSPS) is 17.6. The number of rotatable bonds is 8. The fraction of sp³-hybridized carbons (Fsp3) is 0.478. The molecule has 0 N–H and O–H groups in total. The van der Waals surface area contributed by atoms with Gasteiger partial charge in [0.25, 0.3) is 0 Å². The number of carbonyl (C=O) groups is 1. The highest BCUT2D eigenvalue weighted by atomic mass is 32.2. The van der Waals surface area contributed by atoms with E-state index >= 15 is 0 Å². The first-order valence-corrected chi connectivity index (χ1v) is 12.2. The molecule has 7 heteroatoms. The van der Waals surface area contributed by atoms with Gasteiger partial charge in [-0.1, -0.05) is 37.3 Å². The number of amides is 1. The summed E-state index contributed by atoms with van der Waals surface area (Å²) in [6.07, 6.45) is 3.73.